The van der Waals surface area contributed by atoms with Crippen LogP contribution in [0.25, 0.3) is 0 Å². The Morgan fingerprint density at radius 1 is 1.38 bits per heavy atom. The van der Waals surface area contributed by atoms with Crippen LogP contribution in [0.15, 0.2) is 30.3 Å². The molecule has 1 fully saturated rings. The van der Waals surface area contributed by atoms with Crippen molar-refractivity contribution in [1.82, 2.24) is 9.80 Å². The van der Waals surface area contributed by atoms with E-state index in [1.54, 1.807) is 0 Å². The van der Waals surface area contributed by atoms with E-state index in [4.69, 9.17) is 5.73 Å². The topological polar surface area (TPSA) is 52.7 Å². The lowest BCUT2D eigenvalue weighted by Gasteiger charge is -2.26. The van der Waals surface area contributed by atoms with Crippen molar-refractivity contribution >= 4 is 0 Å². The smallest absolute Gasteiger partial charge is 0.0820 e. The molecule has 0 saturated carbocycles. The van der Waals surface area contributed by atoms with E-state index in [2.05, 4.69) is 36.0 Å². The Kier molecular flexibility index (Phi) is 6.18. The van der Waals surface area contributed by atoms with Gasteiger partial charge in [0, 0.05) is 25.7 Å². The quantitative estimate of drug-likeness (QED) is 0.780. The lowest BCUT2D eigenvalue weighted by Crippen LogP contribution is -2.44. The van der Waals surface area contributed by atoms with Crippen LogP contribution < -0.4 is 5.73 Å². The zero-order valence-electron chi connectivity index (χ0n) is 13.3. The summed E-state index contributed by atoms with van der Waals surface area (Å²) in [4.78, 5) is 4.59. The summed E-state index contributed by atoms with van der Waals surface area (Å²) in [6.45, 7) is 4.04. The van der Waals surface area contributed by atoms with Crippen LogP contribution in [0.4, 0.5) is 0 Å². The molecular weight excluding hydrogens is 262 g/mol. The Labute approximate surface area is 128 Å². The molecule has 4 nitrogen and oxygen atoms in total. The third-order valence-corrected chi connectivity index (χ3v) is 4.37. The predicted molar refractivity (Wildman–Crippen MR) is 87.2 cm³/mol. The van der Waals surface area contributed by atoms with Gasteiger partial charge >= 0.3 is 0 Å². The first-order valence-electron chi connectivity index (χ1n) is 7.89. The Morgan fingerprint density at radius 2 is 2.10 bits per heavy atom. The lowest BCUT2D eigenvalue weighted by molar-refractivity contribution is 0.0957. The number of rotatable bonds is 7. The van der Waals surface area contributed by atoms with Crippen molar-refractivity contribution in [3.63, 3.8) is 0 Å². The van der Waals surface area contributed by atoms with Gasteiger partial charge in [0.2, 0.25) is 0 Å². The number of likely N-dealkylation sites (N-methyl/N-ethyl adjacent to an activating group) is 1. The molecule has 1 saturated heterocycles. The van der Waals surface area contributed by atoms with Crippen molar-refractivity contribution in [2.75, 3.05) is 40.3 Å². The van der Waals surface area contributed by atoms with Crippen LogP contribution in [0, 0.1) is 5.92 Å². The summed E-state index contributed by atoms with van der Waals surface area (Å²) in [6, 6.07) is 9.93. The maximum Gasteiger partial charge on any atom is 0.0820 e. The average molecular weight is 291 g/mol. The number of aliphatic hydroxyl groups is 1. The van der Waals surface area contributed by atoms with Gasteiger partial charge in [0.1, 0.15) is 0 Å². The third kappa shape index (κ3) is 5.40. The Morgan fingerprint density at radius 3 is 2.71 bits per heavy atom. The van der Waals surface area contributed by atoms with E-state index in [0.29, 0.717) is 6.54 Å². The van der Waals surface area contributed by atoms with E-state index in [1.165, 1.54) is 18.5 Å². The molecule has 2 rings (SSSR count). The zero-order valence-corrected chi connectivity index (χ0v) is 13.3. The lowest BCUT2D eigenvalue weighted by atomic mass is 10.0. The predicted octanol–water partition coefficient (Wildman–Crippen LogP) is 0.801. The largest absolute Gasteiger partial charge is 0.390 e. The van der Waals surface area contributed by atoms with Crippen molar-refractivity contribution in [3.8, 4) is 0 Å². The van der Waals surface area contributed by atoms with E-state index in [9.17, 15) is 5.11 Å². The fourth-order valence-corrected chi connectivity index (χ4v) is 3.17. The monoisotopic (exact) mass is 291 g/mol. The fourth-order valence-electron chi connectivity index (χ4n) is 3.17. The van der Waals surface area contributed by atoms with E-state index in [1.807, 2.05) is 18.2 Å². The van der Waals surface area contributed by atoms with Gasteiger partial charge in [-0.15, -0.1) is 0 Å². The number of hydrogen-bond donors (Lipinski definition) is 2. The third-order valence-electron chi connectivity index (χ3n) is 4.37. The molecule has 3 atom stereocenters. The van der Waals surface area contributed by atoms with Crippen molar-refractivity contribution in [2.24, 2.45) is 11.7 Å². The second-order valence-electron chi connectivity index (χ2n) is 6.56. The molecule has 1 aromatic carbocycles. The first-order chi connectivity index (χ1) is 10.0. The van der Waals surface area contributed by atoms with Crippen LogP contribution in [0.1, 0.15) is 12.0 Å². The second-order valence-corrected chi connectivity index (χ2v) is 6.56. The molecule has 3 N–H and O–H groups in total. The zero-order chi connectivity index (χ0) is 15.2. The first-order valence-corrected chi connectivity index (χ1v) is 7.89. The molecule has 0 bridgehead atoms. The maximum absolute atomic E-state index is 10.3. The van der Waals surface area contributed by atoms with Gasteiger partial charge in [-0.25, -0.2) is 0 Å². The highest BCUT2D eigenvalue weighted by atomic mass is 16.3. The highest BCUT2D eigenvalue weighted by Gasteiger charge is 2.23. The molecule has 1 aliphatic heterocycles. The molecule has 0 aromatic heterocycles. The maximum atomic E-state index is 10.3. The van der Waals surface area contributed by atoms with Gasteiger partial charge in [0.15, 0.2) is 0 Å². The van der Waals surface area contributed by atoms with Crippen LogP contribution in [0.3, 0.4) is 0 Å². The molecule has 1 heterocycles. The molecular formula is C17H29N3O. The standard InChI is InChI=1S/C17H29N3O/c1-19-9-8-15(11-19)12-20(2)13-17(21)16(18)10-14-6-4-3-5-7-14/h3-7,15-17,21H,8-13,18H2,1-2H3. The summed E-state index contributed by atoms with van der Waals surface area (Å²) in [6.07, 6.45) is 1.50. The van der Waals surface area contributed by atoms with Crippen LogP contribution in [-0.4, -0.2) is 67.3 Å². The van der Waals surface area contributed by atoms with Crippen LogP contribution in [0.5, 0.6) is 0 Å². The number of likely N-dealkylation sites (tertiary alicyclic amines) is 1. The van der Waals surface area contributed by atoms with E-state index in [-0.39, 0.29) is 6.04 Å². The summed E-state index contributed by atoms with van der Waals surface area (Å²) in [5, 5.41) is 10.3. The molecule has 0 radical (unpaired) electrons. The molecule has 3 unspecified atom stereocenters. The minimum atomic E-state index is -0.477. The fraction of sp³-hybridized carbons (Fsp3) is 0.647. The number of nitrogens with two attached hydrogens (primary N) is 1. The van der Waals surface area contributed by atoms with Crippen molar-refractivity contribution in [1.29, 1.82) is 0 Å². The van der Waals surface area contributed by atoms with Crippen molar-refractivity contribution in [2.45, 2.75) is 25.0 Å². The Balaban J connectivity index is 1.73. The Bertz CT molecular complexity index is 412. The second kappa shape index (κ2) is 7.90. The normalized spacial score (nSPS) is 22.6. The highest BCUT2D eigenvalue weighted by Crippen LogP contribution is 2.15. The van der Waals surface area contributed by atoms with Crippen molar-refractivity contribution < 1.29 is 5.11 Å². The molecule has 0 spiro atoms. The molecule has 21 heavy (non-hydrogen) atoms. The minimum absolute atomic E-state index is 0.207. The van der Waals surface area contributed by atoms with Gasteiger partial charge in [-0.1, -0.05) is 30.3 Å². The SMILES string of the molecule is CN1CCC(CN(C)CC(O)C(N)Cc2ccccc2)C1. The average Bonchev–Trinajstić information content (AvgIpc) is 2.84. The molecule has 118 valence electrons. The van der Waals surface area contributed by atoms with E-state index >= 15 is 0 Å². The van der Waals surface area contributed by atoms with Gasteiger partial charge in [-0.3, -0.25) is 0 Å². The number of aliphatic hydroxyl groups excluding tert-OH is 1. The molecule has 4 heteroatoms. The number of nitrogens with zero attached hydrogens (tertiary/aromatic N) is 2. The highest BCUT2D eigenvalue weighted by molar-refractivity contribution is 5.16. The minimum Gasteiger partial charge on any atom is -0.390 e. The van der Waals surface area contributed by atoms with Gasteiger partial charge in [0.05, 0.1) is 6.10 Å². The molecule has 1 aromatic rings. The summed E-state index contributed by atoms with van der Waals surface area (Å²) in [7, 11) is 4.25. The summed E-state index contributed by atoms with van der Waals surface area (Å²) < 4.78 is 0. The van der Waals surface area contributed by atoms with Gasteiger partial charge < -0.3 is 20.6 Å². The summed E-state index contributed by atoms with van der Waals surface area (Å²) in [5.41, 5.74) is 7.33. The first kappa shape index (κ1) is 16.4. The number of hydrogen-bond acceptors (Lipinski definition) is 4. The van der Waals surface area contributed by atoms with E-state index in [0.717, 1.165) is 25.4 Å². The van der Waals surface area contributed by atoms with Crippen molar-refractivity contribution in [3.05, 3.63) is 35.9 Å². The molecule has 0 amide bonds. The Hall–Kier alpha value is -0.940. The van der Waals surface area contributed by atoms with Crippen LogP contribution >= 0.6 is 0 Å². The molecule has 1 aliphatic rings. The van der Waals surface area contributed by atoms with Gasteiger partial charge in [0.25, 0.3) is 0 Å². The summed E-state index contributed by atoms with van der Waals surface area (Å²) >= 11 is 0. The number of benzene rings is 1. The van der Waals surface area contributed by atoms with E-state index < -0.39 is 6.10 Å². The van der Waals surface area contributed by atoms with Crippen LogP contribution in [-0.2, 0) is 6.42 Å². The summed E-state index contributed by atoms with van der Waals surface area (Å²) in [5.74, 6) is 0.720. The van der Waals surface area contributed by atoms with Crippen LogP contribution in [0.2, 0.25) is 0 Å². The van der Waals surface area contributed by atoms with Gasteiger partial charge in [-0.05, 0) is 45.0 Å². The molecule has 0 aliphatic carbocycles. The van der Waals surface area contributed by atoms with Gasteiger partial charge in [-0.2, -0.15) is 0 Å².